The Hall–Kier alpha value is -2.03. The number of hydrogen-bond donors (Lipinski definition) is 0. The molecule has 2 aromatic carbocycles. The molecule has 0 aliphatic heterocycles. The summed E-state index contributed by atoms with van der Waals surface area (Å²) in [5.41, 5.74) is 6.00. The SMILES string of the molecule is Cc1c(-c2ccc(Cl)cc2)c2c(n1-c1ccc(Cl)cc1)CC(C)(C)CC2=O. The van der Waals surface area contributed by atoms with Crippen LogP contribution in [0.2, 0.25) is 10.0 Å². The third-order valence-corrected chi connectivity index (χ3v) is 5.79. The Morgan fingerprint density at radius 2 is 1.41 bits per heavy atom. The lowest BCUT2D eigenvalue weighted by Gasteiger charge is -2.30. The number of ketones is 1. The van der Waals surface area contributed by atoms with E-state index in [1.807, 2.05) is 48.5 Å². The molecule has 0 bridgehead atoms. The maximum Gasteiger partial charge on any atom is 0.165 e. The van der Waals surface area contributed by atoms with Gasteiger partial charge in [-0.3, -0.25) is 4.79 Å². The number of aromatic nitrogens is 1. The normalized spacial score (nSPS) is 15.7. The maximum atomic E-state index is 13.2. The van der Waals surface area contributed by atoms with E-state index in [0.29, 0.717) is 16.5 Å². The quantitative estimate of drug-likeness (QED) is 0.460. The minimum Gasteiger partial charge on any atom is -0.317 e. The number of rotatable bonds is 2. The van der Waals surface area contributed by atoms with Crippen LogP contribution in [0.25, 0.3) is 16.8 Å². The third kappa shape index (κ3) is 3.22. The zero-order chi connectivity index (χ0) is 19.3. The molecule has 138 valence electrons. The lowest BCUT2D eigenvalue weighted by molar-refractivity contribution is 0.0911. The van der Waals surface area contributed by atoms with Gasteiger partial charge in [0, 0.05) is 44.7 Å². The lowest BCUT2D eigenvalue weighted by Crippen LogP contribution is -2.28. The molecule has 3 aromatic rings. The largest absolute Gasteiger partial charge is 0.317 e. The van der Waals surface area contributed by atoms with E-state index in [4.69, 9.17) is 23.2 Å². The average Bonchev–Trinajstić information content (AvgIpc) is 2.88. The fourth-order valence-electron chi connectivity index (χ4n) is 4.17. The predicted molar refractivity (Wildman–Crippen MR) is 112 cm³/mol. The van der Waals surface area contributed by atoms with E-state index in [2.05, 4.69) is 25.3 Å². The highest BCUT2D eigenvalue weighted by Gasteiger charge is 2.37. The van der Waals surface area contributed by atoms with Crippen LogP contribution in [-0.2, 0) is 6.42 Å². The van der Waals surface area contributed by atoms with Crippen molar-refractivity contribution in [2.24, 2.45) is 5.41 Å². The van der Waals surface area contributed by atoms with Crippen molar-refractivity contribution in [1.82, 2.24) is 4.57 Å². The van der Waals surface area contributed by atoms with Crippen molar-refractivity contribution in [2.45, 2.75) is 33.6 Å². The summed E-state index contributed by atoms with van der Waals surface area (Å²) in [6.45, 7) is 6.39. The molecule has 0 amide bonds. The molecular weight excluding hydrogens is 377 g/mol. The summed E-state index contributed by atoms with van der Waals surface area (Å²) < 4.78 is 2.22. The van der Waals surface area contributed by atoms with Gasteiger partial charge in [0.05, 0.1) is 0 Å². The highest BCUT2D eigenvalue weighted by atomic mass is 35.5. The highest BCUT2D eigenvalue weighted by molar-refractivity contribution is 6.31. The van der Waals surface area contributed by atoms with Crippen LogP contribution in [0.5, 0.6) is 0 Å². The summed E-state index contributed by atoms with van der Waals surface area (Å²) in [6.07, 6.45) is 1.41. The minimum absolute atomic E-state index is 0.0592. The molecule has 2 nitrogen and oxygen atoms in total. The minimum atomic E-state index is -0.0592. The van der Waals surface area contributed by atoms with Gasteiger partial charge >= 0.3 is 0 Å². The Kier molecular flexibility index (Phi) is 4.44. The molecule has 4 rings (SSSR count). The van der Waals surface area contributed by atoms with Crippen molar-refractivity contribution in [3.05, 3.63) is 75.5 Å². The van der Waals surface area contributed by atoms with Gasteiger partial charge in [0.25, 0.3) is 0 Å². The van der Waals surface area contributed by atoms with Crippen LogP contribution >= 0.6 is 23.2 Å². The number of carbonyl (C=O) groups excluding carboxylic acids is 1. The molecule has 1 aromatic heterocycles. The number of benzene rings is 2. The molecular formula is C23H21Cl2NO. The van der Waals surface area contributed by atoms with Crippen LogP contribution in [0.1, 0.15) is 42.0 Å². The van der Waals surface area contributed by atoms with E-state index >= 15 is 0 Å². The summed E-state index contributed by atoms with van der Waals surface area (Å²) in [5, 5.41) is 1.39. The second-order valence-corrected chi connectivity index (χ2v) is 8.91. The zero-order valence-corrected chi connectivity index (χ0v) is 17.2. The van der Waals surface area contributed by atoms with Crippen molar-refractivity contribution in [1.29, 1.82) is 0 Å². The van der Waals surface area contributed by atoms with Crippen LogP contribution in [0.15, 0.2) is 48.5 Å². The lowest BCUT2D eigenvalue weighted by atomic mass is 9.75. The predicted octanol–water partition coefficient (Wildman–Crippen LogP) is 6.91. The smallest absolute Gasteiger partial charge is 0.165 e. The second-order valence-electron chi connectivity index (χ2n) is 8.04. The molecule has 0 spiro atoms. The molecule has 0 N–H and O–H groups in total. The Balaban J connectivity index is 2.02. The summed E-state index contributed by atoms with van der Waals surface area (Å²) in [6, 6.07) is 15.5. The maximum absolute atomic E-state index is 13.2. The van der Waals surface area contributed by atoms with Gasteiger partial charge in [-0.25, -0.2) is 0 Å². The number of carbonyl (C=O) groups is 1. The molecule has 0 radical (unpaired) electrons. The first kappa shape index (κ1) is 18.3. The first-order valence-corrected chi connectivity index (χ1v) is 9.82. The van der Waals surface area contributed by atoms with Gasteiger partial charge in [-0.1, -0.05) is 49.2 Å². The number of fused-ring (bicyclic) bond motifs is 1. The van der Waals surface area contributed by atoms with Gasteiger partial charge in [-0.15, -0.1) is 0 Å². The van der Waals surface area contributed by atoms with Gasteiger partial charge in [0.2, 0.25) is 0 Å². The molecule has 1 aliphatic carbocycles. The van der Waals surface area contributed by atoms with Crippen molar-refractivity contribution >= 4 is 29.0 Å². The van der Waals surface area contributed by atoms with Crippen molar-refractivity contribution < 1.29 is 4.79 Å². The number of nitrogens with zero attached hydrogens (tertiary/aromatic N) is 1. The zero-order valence-electron chi connectivity index (χ0n) is 15.6. The van der Waals surface area contributed by atoms with Gasteiger partial charge < -0.3 is 4.57 Å². The second kappa shape index (κ2) is 6.54. The van der Waals surface area contributed by atoms with E-state index in [1.165, 1.54) is 0 Å². The van der Waals surface area contributed by atoms with Crippen LogP contribution in [0.4, 0.5) is 0 Å². The fourth-order valence-corrected chi connectivity index (χ4v) is 4.42. The molecule has 4 heteroatoms. The first-order valence-electron chi connectivity index (χ1n) is 9.06. The average molecular weight is 398 g/mol. The van der Waals surface area contributed by atoms with Gasteiger partial charge in [-0.05, 0) is 60.7 Å². The monoisotopic (exact) mass is 397 g/mol. The van der Waals surface area contributed by atoms with E-state index in [-0.39, 0.29) is 11.2 Å². The molecule has 0 unspecified atom stereocenters. The van der Waals surface area contributed by atoms with Crippen LogP contribution in [0, 0.1) is 12.3 Å². The van der Waals surface area contributed by atoms with Crippen LogP contribution in [0.3, 0.4) is 0 Å². The summed E-state index contributed by atoms with van der Waals surface area (Å²) >= 11 is 12.2. The summed E-state index contributed by atoms with van der Waals surface area (Å²) in [7, 11) is 0. The highest BCUT2D eigenvalue weighted by Crippen LogP contribution is 2.43. The molecule has 27 heavy (non-hydrogen) atoms. The number of Topliss-reactive ketones (excluding diaryl/α,β-unsaturated/α-hetero) is 1. The standard InChI is InChI=1S/C23H21Cl2NO/c1-14-21(15-4-6-16(24)7-5-15)22-19(12-23(2,3)13-20(22)27)26(14)18-10-8-17(25)9-11-18/h4-11H,12-13H2,1-3H3. The Bertz CT molecular complexity index is 1030. The van der Waals surface area contributed by atoms with Crippen molar-refractivity contribution in [3.63, 3.8) is 0 Å². The molecule has 1 heterocycles. The van der Waals surface area contributed by atoms with E-state index < -0.39 is 0 Å². The summed E-state index contributed by atoms with van der Waals surface area (Å²) in [4.78, 5) is 13.2. The van der Waals surface area contributed by atoms with Gasteiger partial charge in [0.15, 0.2) is 5.78 Å². The third-order valence-electron chi connectivity index (χ3n) is 5.29. The van der Waals surface area contributed by atoms with Crippen molar-refractivity contribution in [2.75, 3.05) is 0 Å². The summed E-state index contributed by atoms with van der Waals surface area (Å²) in [5.74, 6) is 0.210. The molecule has 0 saturated heterocycles. The van der Waals surface area contributed by atoms with E-state index in [1.54, 1.807) is 0 Å². The Labute approximate surface area is 169 Å². The van der Waals surface area contributed by atoms with Crippen LogP contribution in [-0.4, -0.2) is 10.4 Å². The molecule has 1 aliphatic rings. The molecule has 0 saturated carbocycles. The van der Waals surface area contributed by atoms with E-state index in [9.17, 15) is 4.79 Å². The van der Waals surface area contributed by atoms with Crippen molar-refractivity contribution in [3.8, 4) is 16.8 Å². The topological polar surface area (TPSA) is 22.0 Å². The first-order chi connectivity index (χ1) is 12.8. The Morgan fingerprint density at radius 1 is 0.852 bits per heavy atom. The van der Waals surface area contributed by atoms with Crippen LogP contribution < -0.4 is 0 Å². The number of hydrogen-bond acceptors (Lipinski definition) is 1. The van der Waals surface area contributed by atoms with Gasteiger partial charge in [-0.2, -0.15) is 0 Å². The molecule has 0 fully saturated rings. The fraction of sp³-hybridized carbons (Fsp3) is 0.261. The molecule has 0 atom stereocenters. The van der Waals surface area contributed by atoms with E-state index in [0.717, 1.165) is 40.2 Å². The van der Waals surface area contributed by atoms with Gasteiger partial charge in [0.1, 0.15) is 0 Å². The number of halogens is 2. The Morgan fingerprint density at radius 3 is 2.00 bits per heavy atom.